The number of carbonyl (C=O) groups is 2. The number of amides is 1. The maximum Gasteiger partial charge on any atom is 0.408 e. The number of benzene rings is 1. The van der Waals surface area contributed by atoms with Crippen LogP contribution in [0.5, 0.6) is 0 Å². The molecule has 0 spiro atoms. The van der Waals surface area contributed by atoms with Gasteiger partial charge in [-0.15, -0.1) is 0 Å². The highest BCUT2D eigenvalue weighted by atomic mass is 19.1. The van der Waals surface area contributed by atoms with Gasteiger partial charge in [0.15, 0.2) is 5.78 Å². The van der Waals surface area contributed by atoms with E-state index in [1.807, 2.05) is 0 Å². The molecule has 0 unspecified atom stereocenters. The van der Waals surface area contributed by atoms with Crippen molar-refractivity contribution in [1.82, 2.24) is 5.32 Å². The predicted octanol–water partition coefficient (Wildman–Crippen LogP) is 3.31. The Labute approximate surface area is 123 Å². The van der Waals surface area contributed by atoms with Gasteiger partial charge in [-0.3, -0.25) is 4.79 Å². The first kappa shape index (κ1) is 15.5. The van der Waals surface area contributed by atoms with Crippen LogP contribution in [-0.4, -0.2) is 23.5 Å². The zero-order valence-corrected chi connectivity index (χ0v) is 12.5. The van der Waals surface area contributed by atoms with E-state index in [1.54, 1.807) is 20.8 Å². The summed E-state index contributed by atoms with van der Waals surface area (Å²) in [6.45, 7) is 5.29. The molecule has 1 amide bonds. The van der Waals surface area contributed by atoms with E-state index in [0.717, 1.165) is 12.8 Å². The molecule has 0 heterocycles. The first-order chi connectivity index (χ1) is 9.76. The van der Waals surface area contributed by atoms with E-state index < -0.39 is 23.6 Å². The Morgan fingerprint density at radius 2 is 1.81 bits per heavy atom. The highest BCUT2D eigenvalue weighted by molar-refractivity contribution is 6.01. The van der Waals surface area contributed by atoms with Gasteiger partial charge in [0.05, 0.1) is 6.04 Å². The van der Waals surface area contributed by atoms with Gasteiger partial charge in [0.1, 0.15) is 11.4 Å². The number of carbonyl (C=O) groups excluding carboxylic acids is 2. The average Bonchev–Trinajstić information content (AvgIpc) is 3.18. The third kappa shape index (κ3) is 4.55. The highest BCUT2D eigenvalue weighted by Crippen LogP contribution is 2.34. The SMILES string of the molecule is CC(C)(C)OC(=O)N[C@@H](C(=O)c1ccc(F)cc1)C1CC1. The molecular weight excluding hydrogens is 273 g/mol. The molecule has 0 bridgehead atoms. The topological polar surface area (TPSA) is 55.4 Å². The zero-order chi connectivity index (χ0) is 15.6. The second-order valence-electron chi connectivity index (χ2n) is 6.33. The summed E-state index contributed by atoms with van der Waals surface area (Å²) in [4.78, 5) is 24.3. The minimum absolute atomic E-state index is 0.134. The van der Waals surface area contributed by atoms with Crippen LogP contribution in [0.1, 0.15) is 44.0 Å². The fraction of sp³-hybridized carbons (Fsp3) is 0.500. The summed E-state index contributed by atoms with van der Waals surface area (Å²) in [7, 11) is 0. The third-order valence-corrected chi connectivity index (χ3v) is 3.18. The monoisotopic (exact) mass is 293 g/mol. The summed E-state index contributed by atoms with van der Waals surface area (Å²) < 4.78 is 18.1. The van der Waals surface area contributed by atoms with Gasteiger partial charge in [0.2, 0.25) is 0 Å². The molecule has 1 aromatic rings. The van der Waals surface area contributed by atoms with Gasteiger partial charge in [-0.25, -0.2) is 9.18 Å². The number of halogens is 1. The first-order valence-electron chi connectivity index (χ1n) is 7.05. The quantitative estimate of drug-likeness (QED) is 0.866. The number of hydrogen-bond acceptors (Lipinski definition) is 3. The Bertz CT molecular complexity index is 529. The van der Waals surface area contributed by atoms with Gasteiger partial charge >= 0.3 is 6.09 Å². The smallest absolute Gasteiger partial charge is 0.408 e. The second-order valence-corrected chi connectivity index (χ2v) is 6.33. The fourth-order valence-corrected chi connectivity index (χ4v) is 2.06. The van der Waals surface area contributed by atoms with Gasteiger partial charge < -0.3 is 10.1 Å². The Hall–Kier alpha value is -1.91. The molecule has 2 rings (SSSR count). The Morgan fingerprint density at radius 3 is 2.29 bits per heavy atom. The molecule has 1 N–H and O–H groups in total. The van der Waals surface area contributed by atoms with E-state index in [0.29, 0.717) is 5.56 Å². The van der Waals surface area contributed by atoms with Crippen LogP contribution in [0.3, 0.4) is 0 Å². The Morgan fingerprint density at radius 1 is 1.24 bits per heavy atom. The second kappa shape index (κ2) is 5.84. The van der Waals surface area contributed by atoms with Crippen LogP contribution in [0.2, 0.25) is 0 Å². The van der Waals surface area contributed by atoms with Crippen LogP contribution in [0.25, 0.3) is 0 Å². The first-order valence-corrected chi connectivity index (χ1v) is 7.05. The van der Waals surface area contributed by atoms with Crippen molar-refractivity contribution in [2.45, 2.75) is 45.3 Å². The van der Waals surface area contributed by atoms with Gasteiger partial charge in [-0.2, -0.15) is 0 Å². The normalized spacial score (nSPS) is 16.2. The number of Topliss-reactive ketones (excluding diaryl/α,β-unsaturated/α-hetero) is 1. The molecule has 1 saturated carbocycles. The van der Waals surface area contributed by atoms with Gasteiger partial charge in [-0.1, -0.05) is 0 Å². The van der Waals surface area contributed by atoms with Crippen molar-refractivity contribution in [2.75, 3.05) is 0 Å². The fourth-order valence-electron chi connectivity index (χ4n) is 2.06. The summed E-state index contributed by atoms with van der Waals surface area (Å²) in [5.74, 6) is -0.465. The Balaban J connectivity index is 2.07. The van der Waals surface area contributed by atoms with Crippen molar-refractivity contribution in [2.24, 2.45) is 5.92 Å². The number of hydrogen-bond donors (Lipinski definition) is 1. The molecule has 1 atom stereocenters. The lowest BCUT2D eigenvalue weighted by Gasteiger charge is -2.23. The lowest BCUT2D eigenvalue weighted by Crippen LogP contribution is -2.44. The average molecular weight is 293 g/mol. The summed E-state index contributed by atoms with van der Waals surface area (Å²) >= 11 is 0. The lowest BCUT2D eigenvalue weighted by atomic mass is 10.0. The molecule has 0 saturated heterocycles. The molecule has 5 heteroatoms. The van der Waals surface area contributed by atoms with Crippen molar-refractivity contribution in [1.29, 1.82) is 0 Å². The molecule has 21 heavy (non-hydrogen) atoms. The maximum absolute atomic E-state index is 12.9. The van der Waals surface area contributed by atoms with Crippen molar-refractivity contribution in [3.8, 4) is 0 Å². The molecule has 1 aromatic carbocycles. The van der Waals surface area contributed by atoms with E-state index in [1.165, 1.54) is 24.3 Å². The molecule has 114 valence electrons. The van der Waals surface area contributed by atoms with Crippen molar-refractivity contribution in [3.05, 3.63) is 35.6 Å². The van der Waals surface area contributed by atoms with Crippen molar-refractivity contribution >= 4 is 11.9 Å². The van der Waals surface area contributed by atoms with Crippen LogP contribution in [0, 0.1) is 11.7 Å². The summed E-state index contributed by atoms with van der Waals surface area (Å²) in [6.07, 6.45) is 1.19. The zero-order valence-electron chi connectivity index (χ0n) is 12.5. The summed E-state index contributed by atoms with van der Waals surface area (Å²) in [6, 6.07) is 4.74. The molecule has 1 aliphatic carbocycles. The van der Waals surface area contributed by atoms with Crippen LogP contribution in [0.4, 0.5) is 9.18 Å². The predicted molar refractivity (Wildman–Crippen MR) is 76.6 cm³/mol. The number of alkyl carbamates (subject to hydrolysis) is 1. The number of ether oxygens (including phenoxy) is 1. The van der Waals surface area contributed by atoms with E-state index in [-0.39, 0.29) is 11.7 Å². The lowest BCUT2D eigenvalue weighted by molar-refractivity contribution is 0.0484. The van der Waals surface area contributed by atoms with Crippen LogP contribution < -0.4 is 5.32 Å². The van der Waals surface area contributed by atoms with Gasteiger partial charge in [-0.05, 0) is 63.8 Å². The maximum atomic E-state index is 12.9. The largest absolute Gasteiger partial charge is 0.444 e. The highest BCUT2D eigenvalue weighted by Gasteiger charge is 2.38. The molecule has 1 fully saturated rings. The van der Waals surface area contributed by atoms with Crippen LogP contribution in [-0.2, 0) is 4.74 Å². The Kier molecular flexibility index (Phi) is 4.30. The third-order valence-electron chi connectivity index (χ3n) is 3.18. The van der Waals surface area contributed by atoms with Crippen LogP contribution >= 0.6 is 0 Å². The minimum Gasteiger partial charge on any atom is -0.444 e. The molecule has 0 radical (unpaired) electrons. The van der Waals surface area contributed by atoms with Crippen LogP contribution in [0.15, 0.2) is 24.3 Å². The van der Waals surface area contributed by atoms with E-state index in [4.69, 9.17) is 4.74 Å². The summed E-state index contributed by atoms with van der Waals surface area (Å²) in [5.41, 5.74) is -0.221. The number of ketones is 1. The van der Waals surface area contributed by atoms with E-state index in [9.17, 15) is 14.0 Å². The standard InChI is InChI=1S/C16H20FNO3/c1-16(2,3)21-15(20)18-13(10-4-5-10)14(19)11-6-8-12(17)9-7-11/h6-10,13H,4-5H2,1-3H3,(H,18,20)/t13-/m1/s1. The molecular formula is C16H20FNO3. The van der Waals surface area contributed by atoms with Crippen molar-refractivity contribution in [3.63, 3.8) is 0 Å². The summed E-state index contributed by atoms with van der Waals surface area (Å²) in [5, 5.41) is 2.64. The molecule has 0 aromatic heterocycles. The van der Waals surface area contributed by atoms with Gasteiger partial charge in [0.25, 0.3) is 0 Å². The number of nitrogens with one attached hydrogen (secondary N) is 1. The van der Waals surface area contributed by atoms with E-state index in [2.05, 4.69) is 5.32 Å². The minimum atomic E-state index is -0.614. The van der Waals surface area contributed by atoms with Crippen molar-refractivity contribution < 1.29 is 18.7 Å². The van der Waals surface area contributed by atoms with E-state index >= 15 is 0 Å². The molecule has 4 nitrogen and oxygen atoms in total. The number of rotatable bonds is 4. The molecule has 0 aliphatic heterocycles. The molecule has 1 aliphatic rings. The van der Waals surface area contributed by atoms with Gasteiger partial charge in [0, 0.05) is 5.56 Å².